The van der Waals surface area contributed by atoms with Crippen LogP contribution >= 0.6 is 0 Å². The topological polar surface area (TPSA) is 132 Å². The molecule has 0 spiro atoms. The van der Waals surface area contributed by atoms with Crippen LogP contribution < -0.4 is 10.6 Å². The van der Waals surface area contributed by atoms with Gasteiger partial charge in [0.1, 0.15) is 19.3 Å². The van der Waals surface area contributed by atoms with Crippen LogP contribution in [0.1, 0.15) is 28.8 Å². The van der Waals surface area contributed by atoms with Crippen molar-refractivity contribution in [3.63, 3.8) is 0 Å². The minimum Gasteiger partial charge on any atom is -0.377 e. The van der Waals surface area contributed by atoms with Crippen molar-refractivity contribution in [3.8, 4) is 12.3 Å². The Morgan fingerprint density at radius 1 is 1.06 bits per heavy atom. The van der Waals surface area contributed by atoms with E-state index >= 15 is 0 Å². The first-order valence-electron chi connectivity index (χ1n) is 11.3. The summed E-state index contributed by atoms with van der Waals surface area (Å²) < 4.78 is 21.1. The van der Waals surface area contributed by atoms with E-state index in [4.69, 9.17) is 25.4 Å². The van der Waals surface area contributed by atoms with E-state index in [1.165, 1.54) is 4.90 Å². The Labute approximate surface area is 203 Å². The lowest BCUT2D eigenvalue weighted by molar-refractivity contribution is -0.137. The molecule has 35 heavy (non-hydrogen) atoms. The van der Waals surface area contributed by atoms with E-state index in [-0.39, 0.29) is 56.9 Å². The highest BCUT2D eigenvalue weighted by Crippen LogP contribution is 2.32. The number of ether oxygens (including phenoxy) is 4. The summed E-state index contributed by atoms with van der Waals surface area (Å²) in [5.74, 6) is 0.864. The number of benzene rings is 1. The maximum atomic E-state index is 12.8. The number of carbonyl (C=O) groups is 4. The Morgan fingerprint density at radius 3 is 2.43 bits per heavy atom. The van der Waals surface area contributed by atoms with E-state index in [0.29, 0.717) is 49.8 Å². The van der Waals surface area contributed by atoms with Gasteiger partial charge >= 0.3 is 0 Å². The second kappa shape index (κ2) is 13.6. The molecule has 2 N–H and O–H groups in total. The average molecular weight is 488 g/mol. The van der Waals surface area contributed by atoms with E-state index in [1.54, 1.807) is 18.2 Å². The van der Waals surface area contributed by atoms with Crippen LogP contribution in [0.25, 0.3) is 0 Å². The monoisotopic (exact) mass is 487 g/mol. The average Bonchev–Trinajstić information content (AvgIpc) is 3.17. The highest BCUT2D eigenvalue weighted by molar-refractivity contribution is 6.06. The molecule has 1 aromatic rings. The largest absolute Gasteiger partial charge is 0.377 e. The number of hydrogen-bond donors (Lipinski definition) is 2. The van der Waals surface area contributed by atoms with Crippen LogP contribution in [-0.4, -0.2) is 87.4 Å². The number of amides is 4. The summed E-state index contributed by atoms with van der Waals surface area (Å²) in [6, 6.07) is 4.30. The summed E-state index contributed by atoms with van der Waals surface area (Å²) in [5.41, 5.74) is 1.54. The summed E-state index contributed by atoms with van der Waals surface area (Å²) >= 11 is 0. The van der Waals surface area contributed by atoms with Crippen molar-refractivity contribution in [3.05, 3.63) is 29.3 Å². The van der Waals surface area contributed by atoms with Gasteiger partial charge in [0.2, 0.25) is 17.7 Å². The number of hydrogen-bond acceptors (Lipinski definition) is 8. The van der Waals surface area contributed by atoms with Gasteiger partial charge < -0.3 is 29.2 Å². The molecule has 1 saturated heterocycles. The molecule has 0 aliphatic carbocycles. The fraction of sp³-hybridized carbons (Fsp3) is 0.500. The van der Waals surface area contributed by atoms with E-state index in [9.17, 15) is 19.2 Å². The number of piperidine rings is 1. The molecule has 188 valence electrons. The van der Waals surface area contributed by atoms with Crippen molar-refractivity contribution in [2.75, 3.05) is 58.2 Å². The van der Waals surface area contributed by atoms with Gasteiger partial charge in [0.05, 0.1) is 39.6 Å². The Hall–Kier alpha value is -3.30. The first kappa shape index (κ1) is 26.3. The predicted octanol–water partition coefficient (Wildman–Crippen LogP) is 0.0857. The van der Waals surface area contributed by atoms with Crippen LogP contribution in [0.5, 0.6) is 0 Å². The van der Waals surface area contributed by atoms with Gasteiger partial charge in [0, 0.05) is 29.8 Å². The number of nitrogens with zero attached hydrogens (tertiary/aromatic N) is 1. The number of terminal acetylenes is 1. The highest BCUT2D eigenvalue weighted by Gasteiger charge is 2.39. The second-order valence-electron chi connectivity index (χ2n) is 7.81. The predicted molar refractivity (Wildman–Crippen MR) is 123 cm³/mol. The molecule has 11 heteroatoms. The number of imide groups is 1. The summed E-state index contributed by atoms with van der Waals surface area (Å²) in [6.07, 6.45) is 5.51. The fourth-order valence-electron chi connectivity index (χ4n) is 3.74. The third kappa shape index (κ3) is 7.60. The van der Waals surface area contributed by atoms with Crippen molar-refractivity contribution in [2.45, 2.75) is 25.4 Å². The minimum absolute atomic E-state index is 0.170. The summed E-state index contributed by atoms with van der Waals surface area (Å²) in [6.45, 7) is 2.44. The molecule has 4 amide bonds. The number of nitrogens with one attached hydrogen (secondary N) is 2. The summed E-state index contributed by atoms with van der Waals surface area (Å²) in [4.78, 5) is 50.2. The van der Waals surface area contributed by atoms with Crippen molar-refractivity contribution in [1.29, 1.82) is 0 Å². The van der Waals surface area contributed by atoms with E-state index in [1.807, 2.05) is 0 Å². The molecular weight excluding hydrogens is 458 g/mol. The lowest BCUT2D eigenvalue weighted by Gasteiger charge is -2.29. The smallest absolute Gasteiger partial charge is 0.255 e. The molecule has 3 rings (SSSR count). The molecule has 1 unspecified atom stereocenters. The first-order valence-corrected chi connectivity index (χ1v) is 11.3. The molecule has 0 radical (unpaired) electrons. The number of anilines is 1. The molecule has 2 aliphatic rings. The van der Waals surface area contributed by atoms with Gasteiger partial charge in [-0.2, -0.15) is 0 Å². The van der Waals surface area contributed by atoms with Gasteiger partial charge in [-0.05, 0) is 18.6 Å². The van der Waals surface area contributed by atoms with Crippen LogP contribution in [0.4, 0.5) is 5.69 Å². The minimum atomic E-state index is -0.716. The molecule has 0 saturated carbocycles. The normalized spacial score (nSPS) is 17.2. The van der Waals surface area contributed by atoms with Crippen molar-refractivity contribution in [2.24, 2.45) is 0 Å². The number of rotatable bonds is 14. The maximum Gasteiger partial charge on any atom is 0.255 e. The van der Waals surface area contributed by atoms with Crippen molar-refractivity contribution in [1.82, 2.24) is 10.2 Å². The summed E-state index contributed by atoms with van der Waals surface area (Å²) in [5, 5.41) is 5.03. The Balaban J connectivity index is 1.36. The van der Waals surface area contributed by atoms with Crippen LogP contribution in [0.2, 0.25) is 0 Å². The van der Waals surface area contributed by atoms with Crippen molar-refractivity contribution >= 4 is 29.3 Å². The van der Waals surface area contributed by atoms with Gasteiger partial charge in [0.25, 0.3) is 5.91 Å². The molecule has 0 bridgehead atoms. The van der Waals surface area contributed by atoms with E-state index < -0.39 is 11.9 Å². The molecule has 2 heterocycles. The molecule has 0 aromatic heterocycles. The highest BCUT2D eigenvalue weighted by atomic mass is 16.6. The molecule has 1 atom stereocenters. The maximum absolute atomic E-state index is 12.8. The van der Waals surface area contributed by atoms with E-state index in [2.05, 4.69) is 16.6 Å². The van der Waals surface area contributed by atoms with Crippen LogP contribution in [0.15, 0.2) is 18.2 Å². The second-order valence-corrected chi connectivity index (χ2v) is 7.81. The number of fused-ring (bicyclic) bond motifs is 1. The molecule has 11 nitrogen and oxygen atoms in total. The zero-order valence-electron chi connectivity index (χ0n) is 19.4. The van der Waals surface area contributed by atoms with Crippen LogP contribution in [0, 0.1) is 12.3 Å². The van der Waals surface area contributed by atoms with Gasteiger partial charge in [-0.1, -0.05) is 12.0 Å². The third-order valence-corrected chi connectivity index (χ3v) is 5.39. The van der Waals surface area contributed by atoms with Crippen molar-refractivity contribution < 1.29 is 38.1 Å². The third-order valence-electron chi connectivity index (χ3n) is 5.39. The Kier molecular flexibility index (Phi) is 10.2. The van der Waals surface area contributed by atoms with Gasteiger partial charge in [-0.3, -0.25) is 24.5 Å². The zero-order valence-corrected chi connectivity index (χ0v) is 19.4. The van der Waals surface area contributed by atoms with Gasteiger partial charge in [0.15, 0.2) is 0 Å². The SMILES string of the molecule is C#CCOCCOCCOCCOCC(=O)Nc1cccc2c1CN(C1CCC(=O)NC1=O)C2=O. The molecular formula is C24H29N3O8. The van der Waals surface area contributed by atoms with Crippen LogP contribution in [0.3, 0.4) is 0 Å². The lowest BCUT2D eigenvalue weighted by Crippen LogP contribution is -2.52. The Bertz CT molecular complexity index is 974. The van der Waals surface area contributed by atoms with Crippen LogP contribution in [-0.2, 0) is 39.9 Å². The molecule has 1 fully saturated rings. The zero-order chi connectivity index (χ0) is 25.0. The lowest BCUT2D eigenvalue weighted by atomic mass is 10.0. The fourth-order valence-corrected chi connectivity index (χ4v) is 3.74. The molecule has 1 aromatic carbocycles. The van der Waals surface area contributed by atoms with Gasteiger partial charge in [-0.15, -0.1) is 6.42 Å². The first-order chi connectivity index (χ1) is 17.0. The standard InChI is InChI=1S/C24H29N3O8/c1-2-8-32-9-10-33-11-12-34-13-14-35-16-22(29)25-19-5-3-4-17-18(19)15-27(24(17)31)20-6-7-21(28)26-23(20)30/h1,3-5,20H,6-16H2,(H,25,29)(H,26,28,30). The van der Waals surface area contributed by atoms with Gasteiger partial charge in [-0.25, -0.2) is 0 Å². The molecule has 2 aliphatic heterocycles. The van der Waals surface area contributed by atoms with E-state index in [0.717, 1.165) is 0 Å². The Morgan fingerprint density at radius 2 is 1.74 bits per heavy atom. The quantitative estimate of drug-likeness (QED) is 0.214. The number of carbonyl (C=O) groups excluding carboxylic acids is 4. The summed E-state index contributed by atoms with van der Waals surface area (Å²) in [7, 11) is 0.